The smallest absolute Gasteiger partial charge is 0.338 e. The second kappa shape index (κ2) is 9.46. The zero-order chi connectivity index (χ0) is 24.4. The van der Waals surface area contributed by atoms with Crippen molar-refractivity contribution < 1.29 is 14.3 Å². The van der Waals surface area contributed by atoms with Crippen LogP contribution in [0.15, 0.2) is 42.7 Å². The van der Waals surface area contributed by atoms with E-state index in [1.54, 1.807) is 6.07 Å². The molecule has 34 heavy (non-hydrogen) atoms. The van der Waals surface area contributed by atoms with Crippen molar-refractivity contribution in [3.63, 3.8) is 0 Å². The van der Waals surface area contributed by atoms with E-state index in [1.807, 2.05) is 50.8 Å². The molecule has 2 N–H and O–H groups in total. The Hall–Kier alpha value is -4.01. The van der Waals surface area contributed by atoms with Gasteiger partial charge in [0.15, 0.2) is 0 Å². The molecular formula is C25H27FN6O2. The number of carboxylic acid groups (broad SMARTS) is 1. The Bertz CT molecular complexity index is 1340. The first-order valence-electron chi connectivity index (χ1n) is 11.2. The molecule has 8 nitrogen and oxygen atoms in total. The Kier molecular flexibility index (Phi) is 6.45. The highest BCUT2D eigenvalue weighted by Crippen LogP contribution is 2.30. The molecule has 176 valence electrons. The van der Waals surface area contributed by atoms with Gasteiger partial charge in [0.1, 0.15) is 11.6 Å². The highest BCUT2D eigenvalue weighted by atomic mass is 19.1. The molecule has 2 heterocycles. The van der Waals surface area contributed by atoms with Crippen LogP contribution in [0.5, 0.6) is 0 Å². The minimum Gasteiger partial charge on any atom is -0.478 e. The van der Waals surface area contributed by atoms with Gasteiger partial charge in [0, 0.05) is 37.3 Å². The third kappa shape index (κ3) is 4.41. The lowest BCUT2D eigenvalue weighted by Gasteiger charge is -2.22. The van der Waals surface area contributed by atoms with Gasteiger partial charge in [-0.2, -0.15) is 10.1 Å². The summed E-state index contributed by atoms with van der Waals surface area (Å²) in [6, 6.07) is 9.21. The summed E-state index contributed by atoms with van der Waals surface area (Å²) in [5, 5.41) is 17.2. The summed E-state index contributed by atoms with van der Waals surface area (Å²) in [5.74, 6) is -0.715. The highest BCUT2D eigenvalue weighted by molar-refractivity contribution is 5.93. The van der Waals surface area contributed by atoms with E-state index in [2.05, 4.69) is 20.4 Å². The molecule has 0 radical (unpaired) electrons. The van der Waals surface area contributed by atoms with Crippen LogP contribution in [0.4, 0.5) is 15.9 Å². The Labute approximate surface area is 197 Å². The van der Waals surface area contributed by atoms with Gasteiger partial charge in [-0.1, -0.05) is 18.2 Å². The zero-order valence-electron chi connectivity index (χ0n) is 19.6. The summed E-state index contributed by atoms with van der Waals surface area (Å²) >= 11 is 0. The van der Waals surface area contributed by atoms with E-state index in [4.69, 9.17) is 0 Å². The lowest BCUT2D eigenvalue weighted by atomic mass is 10.0. The number of hydrogen-bond donors (Lipinski definition) is 2. The number of rotatable bonds is 8. The summed E-state index contributed by atoms with van der Waals surface area (Å²) < 4.78 is 16.4. The Morgan fingerprint density at radius 1 is 1.15 bits per heavy atom. The molecule has 2 aromatic heterocycles. The standard InChI is InChI=1S/C25H27FN6O2/c1-5-31(6-2)23-18-10-22(27-13-19-15(3)8-7-9-16(19)4)20(26)11-21(18)29-25(30-23)32-14-17(12-28-32)24(33)34/h7-12,14,27H,5-6,13H2,1-4H3,(H,33,34). The van der Waals surface area contributed by atoms with Crippen LogP contribution >= 0.6 is 0 Å². The van der Waals surface area contributed by atoms with Crippen LogP contribution in [0.1, 0.15) is 40.9 Å². The van der Waals surface area contributed by atoms with Gasteiger partial charge in [0.25, 0.3) is 5.95 Å². The van der Waals surface area contributed by atoms with Crippen LogP contribution in [0, 0.1) is 19.7 Å². The molecule has 0 amide bonds. The molecule has 9 heteroatoms. The van der Waals surface area contributed by atoms with Gasteiger partial charge < -0.3 is 15.3 Å². The van der Waals surface area contributed by atoms with Crippen LogP contribution < -0.4 is 10.2 Å². The van der Waals surface area contributed by atoms with Crippen molar-refractivity contribution >= 4 is 28.4 Å². The van der Waals surface area contributed by atoms with Crippen molar-refractivity contribution in [3.05, 3.63) is 70.8 Å². The third-order valence-corrected chi connectivity index (χ3v) is 5.95. The Morgan fingerprint density at radius 3 is 2.47 bits per heavy atom. The summed E-state index contributed by atoms with van der Waals surface area (Å²) in [6.45, 7) is 9.97. The summed E-state index contributed by atoms with van der Waals surface area (Å²) in [5.41, 5.74) is 4.22. The second-order valence-corrected chi connectivity index (χ2v) is 8.07. The fraction of sp³-hybridized carbons (Fsp3) is 0.280. The number of nitrogens with one attached hydrogen (secondary N) is 1. The largest absolute Gasteiger partial charge is 0.478 e. The molecular weight excluding hydrogens is 435 g/mol. The van der Waals surface area contributed by atoms with E-state index in [0.29, 0.717) is 42.0 Å². The van der Waals surface area contributed by atoms with E-state index in [1.165, 1.54) is 23.1 Å². The number of aryl methyl sites for hydroxylation is 2. The summed E-state index contributed by atoms with van der Waals surface area (Å²) in [6.07, 6.45) is 2.57. The third-order valence-electron chi connectivity index (χ3n) is 5.95. The maximum Gasteiger partial charge on any atom is 0.338 e. The van der Waals surface area contributed by atoms with Gasteiger partial charge in [0.2, 0.25) is 0 Å². The quantitative estimate of drug-likeness (QED) is 0.391. The van der Waals surface area contributed by atoms with E-state index in [0.717, 1.165) is 16.7 Å². The number of aromatic carboxylic acids is 1. The minimum absolute atomic E-state index is 0.0188. The average molecular weight is 463 g/mol. The van der Waals surface area contributed by atoms with Crippen LogP contribution in [0.2, 0.25) is 0 Å². The molecule has 0 spiro atoms. The van der Waals surface area contributed by atoms with Gasteiger partial charge in [-0.3, -0.25) is 0 Å². The molecule has 2 aromatic carbocycles. The molecule has 0 unspecified atom stereocenters. The van der Waals surface area contributed by atoms with Crippen molar-refractivity contribution in [1.29, 1.82) is 0 Å². The molecule has 0 atom stereocenters. The number of carboxylic acids is 1. The van der Waals surface area contributed by atoms with Crippen molar-refractivity contribution in [3.8, 4) is 5.95 Å². The van der Waals surface area contributed by atoms with E-state index < -0.39 is 11.8 Å². The predicted octanol–water partition coefficient (Wildman–Crippen LogP) is 4.73. The number of fused-ring (bicyclic) bond motifs is 1. The van der Waals surface area contributed by atoms with Crippen molar-refractivity contribution in [2.24, 2.45) is 0 Å². The number of anilines is 2. The van der Waals surface area contributed by atoms with Gasteiger partial charge in [-0.05, 0) is 50.5 Å². The van der Waals surface area contributed by atoms with Crippen LogP contribution in [0.3, 0.4) is 0 Å². The zero-order valence-corrected chi connectivity index (χ0v) is 19.6. The SMILES string of the molecule is CCN(CC)c1nc(-n2cc(C(=O)O)cn2)nc2cc(F)c(NCc3c(C)cccc3C)cc12. The minimum atomic E-state index is -1.10. The molecule has 0 saturated carbocycles. The van der Waals surface area contributed by atoms with Crippen LogP contribution in [0.25, 0.3) is 16.9 Å². The summed E-state index contributed by atoms with van der Waals surface area (Å²) in [4.78, 5) is 22.5. The number of aromatic nitrogens is 4. The monoisotopic (exact) mass is 462 g/mol. The van der Waals surface area contributed by atoms with Gasteiger partial charge >= 0.3 is 5.97 Å². The maximum atomic E-state index is 15.1. The van der Waals surface area contributed by atoms with Crippen LogP contribution in [-0.2, 0) is 6.54 Å². The van der Waals surface area contributed by atoms with Crippen LogP contribution in [-0.4, -0.2) is 43.9 Å². The van der Waals surface area contributed by atoms with Crippen molar-refractivity contribution in [2.75, 3.05) is 23.3 Å². The van der Waals surface area contributed by atoms with Gasteiger partial charge in [0.05, 0.1) is 23.0 Å². The fourth-order valence-electron chi connectivity index (χ4n) is 3.98. The lowest BCUT2D eigenvalue weighted by Crippen LogP contribution is -2.24. The van der Waals surface area contributed by atoms with Gasteiger partial charge in [-0.15, -0.1) is 0 Å². The molecule has 0 fully saturated rings. The van der Waals surface area contributed by atoms with Crippen molar-refractivity contribution in [2.45, 2.75) is 34.2 Å². The molecule has 4 aromatic rings. The predicted molar refractivity (Wildman–Crippen MR) is 130 cm³/mol. The number of carbonyl (C=O) groups is 1. The lowest BCUT2D eigenvalue weighted by molar-refractivity contribution is 0.0697. The molecule has 0 bridgehead atoms. The maximum absolute atomic E-state index is 15.1. The van der Waals surface area contributed by atoms with E-state index in [-0.39, 0.29) is 11.5 Å². The number of nitrogens with zero attached hydrogens (tertiary/aromatic N) is 5. The Morgan fingerprint density at radius 2 is 1.85 bits per heavy atom. The Balaban J connectivity index is 1.80. The molecule has 0 aliphatic rings. The normalized spacial score (nSPS) is 11.1. The summed E-state index contributed by atoms with van der Waals surface area (Å²) in [7, 11) is 0. The van der Waals surface area contributed by atoms with E-state index >= 15 is 4.39 Å². The second-order valence-electron chi connectivity index (χ2n) is 8.07. The van der Waals surface area contributed by atoms with Crippen molar-refractivity contribution in [1.82, 2.24) is 19.7 Å². The first kappa shape index (κ1) is 23.2. The number of hydrogen-bond acceptors (Lipinski definition) is 6. The molecule has 0 aliphatic heterocycles. The topological polar surface area (TPSA) is 96.2 Å². The molecule has 4 rings (SSSR count). The molecule has 0 aliphatic carbocycles. The van der Waals surface area contributed by atoms with E-state index in [9.17, 15) is 9.90 Å². The highest BCUT2D eigenvalue weighted by Gasteiger charge is 2.18. The number of halogens is 1. The first-order chi connectivity index (χ1) is 16.3. The average Bonchev–Trinajstić information content (AvgIpc) is 3.30. The molecule has 0 saturated heterocycles. The van der Waals surface area contributed by atoms with Gasteiger partial charge in [-0.25, -0.2) is 18.9 Å². The number of benzene rings is 2. The first-order valence-corrected chi connectivity index (χ1v) is 11.2. The fourth-order valence-corrected chi connectivity index (χ4v) is 3.98.